The van der Waals surface area contributed by atoms with E-state index >= 15 is 0 Å². The van der Waals surface area contributed by atoms with Gasteiger partial charge in [-0.3, -0.25) is 0 Å². The molecule has 1 unspecified atom stereocenters. The van der Waals surface area contributed by atoms with E-state index in [2.05, 4.69) is 22.1 Å². The number of pyridine rings is 1. The van der Waals surface area contributed by atoms with Crippen molar-refractivity contribution in [2.75, 3.05) is 24.5 Å². The van der Waals surface area contributed by atoms with Gasteiger partial charge >= 0.3 is 0 Å². The van der Waals surface area contributed by atoms with Crippen molar-refractivity contribution in [3.63, 3.8) is 0 Å². The summed E-state index contributed by atoms with van der Waals surface area (Å²) >= 11 is 0. The molecule has 0 aliphatic carbocycles. The lowest BCUT2D eigenvalue weighted by Gasteiger charge is -2.26. The highest BCUT2D eigenvalue weighted by atomic mass is 16.3. The summed E-state index contributed by atoms with van der Waals surface area (Å²) in [4.78, 5) is 6.97. The van der Waals surface area contributed by atoms with E-state index in [0.29, 0.717) is 6.04 Å². The SMILES string of the molecule is CCCN(CC1CCCN1)c1nccc2occc12. The van der Waals surface area contributed by atoms with E-state index in [1.54, 1.807) is 6.26 Å². The second-order valence-electron chi connectivity index (χ2n) is 5.21. The van der Waals surface area contributed by atoms with E-state index in [9.17, 15) is 0 Å². The van der Waals surface area contributed by atoms with Crippen LogP contribution in [0.15, 0.2) is 29.0 Å². The standard InChI is InChI=1S/C15H21N3O/c1-2-9-18(11-12-4-3-7-16-12)15-13-6-10-19-14(13)5-8-17-15/h5-6,8,10,12,16H,2-4,7,9,11H2,1H3. The zero-order valence-electron chi connectivity index (χ0n) is 11.4. The molecule has 19 heavy (non-hydrogen) atoms. The van der Waals surface area contributed by atoms with Crippen molar-refractivity contribution in [2.24, 2.45) is 0 Å². The molecule has 0 aromatic carbocycles. The van der Waals surface area contributed by atoms with Crippen LogP contribution in [0.5, 0.6) is 0 Å². The van der Waals surface area contributed by atoms with Gasteiger partial charge in [0, 0.05) is 25.3 Å². The fourth-order valence-electron chi connectivity index (χ4n) is 2.86. The predicted molar refractivity (Wildman–Crippen MR) is 77.5 cm³/mol. The summed E-state index contributed by atoms with van der Waals surface area (Å²) < 4.78 is 5.47. The normalized spacial score (nSPS) is 19.1. The molecule has 2 aromatic heterocycles. The van der Waals surface area contributed by atoms with Gasteiger partial charge in [-0.05, 0) is 37.9 Å². The molecular formula is C15H21N3O. The number of fused-ring (bicyclic) bond motifs is 1. The molecule has 0 bridgehead atoms. The zero-order chi connectivity index (χ0) is 13.1. The summed E-state index contributed by atoms with van der Waals surface area (Å²) in [6.07, 6.45) is 7.26. The van der Waals surface area contributed by atoms with E-state index < -0.39 is 0 Å². The quantitative estimate of drug-likeness (QED) is 0.896. The van der Waals surface area contributed by atoms with Gasteiger partial charge in [0.05, 0.1) is 11.6 Å². The van der Waals surface area contributed by atoms with Gasteiger partial charge in [-0.1, -0.05) is 6.92 Å². The maximum atomic E-state index is 5.47. The number of furan rings is 1. The van der Waals surface area contributed by atoms with E-state index in [1.807, 2.05) is 18.3 Å². The summed E-state index contributed by atoms with van der Waals surface area (Å²) in [6, 6.07) is 4.54. The largest absolute Gasteiger partial charge is 0.464 e. The third kappa shape index (κ3) is 2.59. The number of rotatable bonds is 5. The van der Waals surface area contributed by atoms with Gasteiger partial charge in [0.25, 0.3) is 0 Å². The highest BCUT2D eigenvalue weighted by Crippen LogP contribution is 2.26. The Hall–Kier alpha value is -1.55. The Balaban J connectivity index is 1.87. The van der Waals surface area contributed by atoms with Crippen LogP contribution in [0.1, 0.15) is 26.2 Å². The van der Waals surface area contributed by atoms with E-state index in [-0.39, 0.29) is 0 Å². The first-order valence-corrected chi connectivity index (χ1v) is 7.19. The number of aromatic nitrogens is 1. The van der Waals surface area contributed by atoms with E-state index in [4.69, 9.17) is 4.42 Å². The highest BCUT2D eigenvalue weighted by Gasteiger charge is 2.20. The molecule has 0 spiro atoms. The first kappa shape index (κ1) is 12.5. The van der Waals surface area contributed by atoms with Crippen LogP contribution in [0.2, 0.25) is 0 Å². The van der Waals surface area contributed by atoms with Crippen molar-refractivity contribution < 1.29 is 4.42 Å². The van der Waals surface area contributed by atoms with Crippen molar-refractivity contribution in [3.8, 4) is 0 Å². The van der Waals surface area contributed by atoms with Gasteiger partial charge in [0.1, 0.15) is 11.4 Å². The van der Waals surface area contributed by atoms with Crippen LogP contribution in [0.4, 0.5) is 5.82 Å². The molecule has 1 N–H and O–H groups in total. The summed E-state index contributed by atoms with van der Waals surface area (Å²) in [5.41, 5.74) is 0.922. The van der Waals surface area contributed by atoms with Crippen molar-refractivity contribution >= 4 is 16.8 Å². The molecule has 3 heterocycles. The topological polar surface area (TPSA) is 41.3 Å². The molecule has 0 amide bonds. The summed E-state index contributed by atoms with van der Waals surface area (Å²) in [5, 5.41) is 4.68. The van der Waals surface area contributed by atoms with E-state index in [1.165, 1.54) is 12.8 Å². The Bertz CT molecular complexity index is 531. The highest BCUT2D eigenvalue weighted by molar-refractivity contribution is 5.88. The average molecular weight is 259 g/mol. The number of hydrogen-bond acceptors (Lipinski definition) is 4. The molecule has 4 heteroatoms. The zero-order valence-corrected chi connectivity index (χ0v) is 11.4. The van der Waals surface area contributed by atoms with Gasteiger partial charge in [0.15, 0.2) is 0 Å². The van der Waals surface area contributed by atoms with Crippen LogP contribution in [0.25, 0.3) is 11.0 Å². The smallest absolute Gasteiger partial charge is 0.139 e. The second-order valence-corrected chi connectivity index (χ2v) is 5.21. The third-order valence-corrected chi connectivity index (χ3v) is 3.76. The van der Waals surface area contributed by atoms with Gasteiger partial charge in [-0.2, -0.15) is 0 Å². The minimum Gasteiger partial charge on any atom is -0.464 e. The Kier molecular flexibility index (Phi) is 3.69. The first-order chi connectivity index (χ1) is 9.38. The molecule has 3 rings (SSSR count). The van der Waals surface area contributed by atoms with Crippen LogP contribution < -0.4 is 10.2 Å². The summed E-state index contributed by atoms with van der Waals surface area (Å²) in [6.45, 7) is 5.43. The number of nitrogens with one attached hydrogen (secondary N) is 1. The van der Waals surface area contributed by atoms with Crippen molar-refractivity contribution in [1.82, 2.24) is 10.3 Å². The maximum Gasteiger partial charge on any atom is 0.139 e. The fraction of sp³-hybridized carbons (Fsp3) is 0.533. The first-order valence-electron chi connectivity index (χ1n) is 7.19. The molecule has 0 radical (unpaired) electrons. The van der Waals surface area contributed by atoms with Gasteiger partial charge in [0.2, 0.25) is 0 Å². The van der Waals surface area contributed by atoms with Crippen molar-refractivity contribution in [1.29, 1.82) is 0 Å². The fourth-order valence-corrected chi connectivity index (χ4v) is 2.86. The second kappa shape index (κ2) is 5.61. The molecular weight excluding hydrogens is 238 g/mol. The van der Waals surface area contributed by atoms with Crippen LogP contribution in [-0.2, 0) is 0 Å². The van der Waals surface area contributed by atoms with Crippen molar-refractivity contribution in [3.05, 3.63) is 24.6 Å². The third-order valence-electron chi connectivity index (χ3n) is 3.76. The molecule has 1 atom stereocenters. The summed E-state index contributed by atoms with van der Waals surface area (Å²) in [5.74, 6) is 1.06. The molecule has 2 aromatic rings. The number of anilines is 1. The minimum absolute atomic E-state index is 0.593. The van der Waals surface area contributed by atoms with Crippen LogP contribution in [-0.4, -0.2) is 30.7 Å². The predicted octanol–water partition coefficient (Wildman–Crippen LogP) is 2.80. The molecule has 0 saturated carbocycles. The molecule has 1 saturated heterocycles. The molecule has 1 aliphatic heterocycles. The van der Waals surface area contributed by atoms with Gasteiger partial charge in [-0.15, -0.1) is 0 Å². The van der Waals surface area contributed by atoms with E-state index in [0.717, 1.165) is 42.8 Å². The Labute approximate surface area is 113 Å². The lowest BCUT2D eigenvalue weighted by Crippen LogP contribution is -2.38. The summed E-state index contributed by atoms with van der Waals surface area (Å²) in [7, 11) is 0. The Morgan fingerprint density at radius 2 is 2.42 bits per heavy atom. The number of nitrogens with zero attached hydrogens (tertiary/aromatic N) is 2. The Morgan fingerprint density at radius 3 is 3.21 bits per heavy atom. The van der Waals surface area contributed by atoms with Crippen molar-refractivity contribution in [2.45, 2.75) is 32.2 Å². The molecule has 102 valence electrons. The van der Waals surface area contributed by atoms with Crippen LogP contribution >= 0.6 is 0 Å². The monoisotopic (exact) mass is 259 g/mol. The lowest BCUT2D eigenvalue weighted by atomic mass is 10.2. The maximum absolute atomic E-state index is 5.47. The minimum atomic E-state index is 0.593. The van der Waals surface area contributed by atoms with Gasteiger partial charge < -0.3 is 14.6 Å². The Morgan fingerprint density at radius 1 is 1.47 bits per heavy atom. The molecule has 1 aliphatic rings. The number of hydrogen-bond donors (Lipinski definition) is 1. The molecule has 4 nitrogen and oxygen atoms in total. The van der Waals surface area contributed by atoms with Crippen LogP contribution in [0.3, 0.4) is 0 Å². The van der Waals surface area contributed by atoms with Gasteiger partial charge in [-0.25, -0.2) is 4.98 Å². The molecule has 1 fully saturated rings. The lowest BCUT2D eigenvalue weighted by molar-refractivity contribution is 0.576. The average Bonchev–Trinajstić information content (AvgIpc) is 3.08. The van der Waals surface area contributed by atoms with Crippen LogP contribution in [0, 0.1) is 0 Å².